The van der Waals surface area contributed by atoms with E-state index in [1.807, 2.05) is 11.4 Å². The zero-order valence-corrected chi connectivity index (χ0v) is 13.8. The molecule has 0 unspecified atom stereocenters. The van der Waals surface area contributed by atoms with Gasteiger partial charge in [0.1, 0.15) is 5.82 Å². The van der Waals surface area contributed by atoms with Crippen LogP contribution < -0.4 is 5.32 Å². The molecule has 2 heterocycles. The molecule has 3 nitrogen and oxygen atoms in total. The fraction of sp³-hybridized carbons (Fsp3) is 0.500. The van der Waals surface area contributed by atoms with Crippen molar-refractivity contribution >= 4 is 28.8 Å². The maximum Gasteiger partial charge on any atom is 0.171 e. The molecule has 0 aromatic carbocycles. The molecule has 1 aliphatic rings. The van der Waals surface area contributed by atoms with Crippen LogP contribution in [0.15, 0.2) is 17.5 Å². The quantitative estimate of drug-likeness (QED) is 0.808. The second kappa shape index (κ2) is 6.75. The van der Waals surface area contributed by atoms with Crippen molar-refractivity contribution in [2.45, 2.75) is 44.9 Å². The lowest BCUT2D eigenvalue weighted by molar-refractivity contribution is 0.695. The van der Waals surface area contributed by atoms with Gasteiger partial charge in [0.25, 0.3) is 0 Å². The van der Waals surface area contributed by atoms with Crippen molar-refractivity contribution in [3.05, 3.63) is 28.2 Å². The first-order valence-electron chi connectivity index (χ1n) is 7.63. The first-order chi connectivity index (χ1) is 10.3. The van der Waals surface area contributed by atoms with E-state index in [0.717, 1.165) is 34.5 Å². The summed E-state index contributed by atoms with van der Waals surface area (Å²) in [6.07, 6.45) is 6.20. The van der Waals surface area contributed by atoms with Gasteiger partial charge in [0.15, 0.2) is 5.82 Å². The summed E-state index contributed by atoms with van der Waals surface area (Å²) in [6.45, 7) is 3.10. The molecule has 0 saturated heterocycles. The third kappa shape index (κ3) is 3.55. The molecular formula is C16H20ClN3S. The van der Waals surface area contributed by atoms with Crippen molar-refractivity contribution < 1.29 is 0 Å². The number of halogens is 1. The number of nitrogens with zero attached hydrogens (tertiary/aromatic N) is 2. The molecule has 0 amide bonds. The van der Waals surface area contributed by atoms with Gasteiger partial charge in [-0.3, -0.25) is 0 Å². The summed E-state index contributed by atoms with van der Waals surface area (Å²) in [5.74, 6) is 2.33. The fourth-order valence-corrected chi connectivity index (χ4v) is 3.79. The van der Waals surface area contributed by atoms with Gasteiger partial charge >= 0.3 is 0 Å². The van der Waals surface area contributed by atoms with Gasteiger partial charge in [-0.25, -0.2) is 9.97 Å². The average Bonchev–Trinajstić information content (AvgIpc) is 3.16. The lowest BCUT2D eigenvalue weighted by Crippen LogP contribution is -2.07. The normalized spacial score (nSPS) is 15.5. The largest absolute Gasteiger partial charge is 0.370 e. The van der Waals surface area contributed by atoms with Crippen molar-refractivity contribution in [3.63, 3.8) is 0 Å². The van der Waals surface area contributed by atoms with Gasteiger partial charge in [0, 0.05) is 29.6 Å². The van der Waals surface area contributed by atoms with Gasteiger partial charge < -0.3 is 5.32 Å². The van der Waals surface area contributed by atoms with Crippen LogP contribution >= 0.6 is 22.9 Å². The minimum absolute atomic E-state index is 0.587. The molecule has 21 heavy (non-hydrogen) atoms. The summed E-state index contributed by atoms with van der Waals surface area (Å²) in [6, 6.07) is 4.08. The van der Waals surface area contributed by atoms with Crippen LogP contribution in [-0.4, -0.2) is 16.5 Å². The van der Waals surface area contributed by atoms with E-state index in [4.69, 9.17) is 16.6 Å². The van der Waals surface area contributed by atoms with Crippen LogP contribution in [0.1, 0.15) is 50.6 Å². The molecule has 112 valence electrons. The summed E-state index contributed by atoms with van der Waals surface area (Å²) in [7, 11) is 0. The zero-order valence-electron chi connectivity index (χ0n) is 12.2. The van der Waals surface area contributed by atoms with Crippen molar-refractivity contribution in [2.75, 3.05) is 11.9 Å². The Kier molecular flexibility index (Phi) is 4.76. The number of nitrogens with one attached hydrogen (secondary N) is 1. The molecule has 5 heteroatoms. The molecule has 0 spiro atoms. The van der Waals surface area contributed by atoms with Gasteiger partial charge in [-0.15, -0.1) is 11.3 Å². The van der Waals surface area contributed by atoms with Crippen LogP contribution in [0.25, 0.3) is 10.7 Å². The van der Waals surface area contributed by atoms with Gasteiger partial charge in [-0.1, -0.05) is 31.4 Å². The first-order valence-corrected chi connectivity index (χ1v) is 8.89. The average molecular weight is 322 g/mol. The maximum absolute atomic E-state index is 6.04. The molecule has 1 N–H and O–H groups in total. The van der Waals surface area contributed by atoms with Crippen LogP contribution in [-0.2, 0) is 0 Å². The molecule has 0 bridgehead atoms. The Morgan fingerprint density at radius 2 is 2.10 bits per heavy atom. The highest BCUT2D eigenvalue weighted by molar-refractivity contribution is 7.14. The van der Waals surface area contributed by atoms with Gasteiger partial charge in [-0.05, 0) is 25.3 Å². The van der Waals surface area contributed by atoms with E-state index >= 15 is 0 Å². The number of thiophene rings is 1. The molecule has 2 aromatic rings. The summed E-state index contributed by atoms with van der Waals surface area (Å²) < 4.78 is 0. The van der Waals surface area contributed by atoms with E-state index in [2.05, 4.69) is 23.3 Å². The number of hydrogen-bond donors (Lipinski definition) is 1. The van der Waals surface area contributed by atoms with E-state index in [1.165, 1.54) is 31.4 Å². The Morgan fingerprint density at radius 1 is 1.29 bits per heavy atom. The number of aromatic nitrogens is 2. The lowest BCUT2D eigenvalue weighted by atomic mass is 10.0. The highest BCUT2D eigenvalue weighted by atomic mass is 35.5. The van der Waals surface area contributed by atoms with Crippen LogP contribution in [0.4, 0.5) is 5.82 Å². The van der Waals surface area contributed by atoms with Crippen LogP contribution in [0, 0.1) is 0 Å². The molecule has 0 atom stereocenters. The van der Waals surface area contributed by atoms with E-state index in [9.17, 15) is 0 Å². The molecule has 0 aliphatic heterocycles. The predicted octanol–water partition coefficient (Wildman–Crippen LogP) is 5.34. The highest BCUT2D eigenvalue weighted by Crippen LogP contribution is 2.35. The molecule has 1 aliphatic carbocycles. The first kappa shape index (κ1) is 14.8. The third-order valence-corrected chi connectivity index (χ3v) is 5.14. The Labute approximate surface area is 134 Å². The molecular weight excluding hydrogens is 302 g/mol. The van der Waals surface area contributed by atoms with E-state index in [0.29, 0.717) is 5.92 Å². The molecule has 1 saturated carbocycles. The Balaban J connectivity index is 1.95. The van der Waals surface area contributed by atoms with Crippen LogP contribution in [0.3, 0.4) is 0 Å². The lowest BCUT2D eigenvalue weighted by Gasteiger charge is -2.12. The smallest absolute Gasteiger partial charge is 0.171 e. The Hall–Kier alpha value is -1.13. The zero-order chi connectivity index (χ0) is 14.7. The Bertz CT molecular complexity index is 605. The number of anilines is 1. The maximum atomic E-state index is 6.04. The molecule has 2 aromatic heterocycles. The minimum atomic E-state index is 0.587. The monoisotopic (exact) mass is 321 g/mol. The van der Waals surface area contributed by atoms with E-state index < -0.39 is 0 Å². The van der Waals surface area contributed by atoms with Crippen LogP contribution in [0.2, 0.25) is 5.02 Å². The minimum Gasteiger partial charge on any atom is -0.370 e. The second-order valence-electron chi connectivity index (χ2n) is 5.54. The second-order valence-corrected chi connectivity index (χ2v) is 6.89. The fourth-order valence-electron chi connectivity index (χ4n) is 2.78. The summed E-state index contributed by atoms with van der Waals surface area (Å²) in [5.41, 5.74) is 1.18. The standard InChI is InChI=1S/C16H20ClN3S/c1-2-7-18-15-9-13(11-5-3-4-6-11)19-16(20-15)14-8-12(17)10-21-14/h8-11H,2-7H2,1H3,(H,18,19,20). The van der Waals surface area contributed by atoms with Crippen LogP contribution in [0.5, 0.6) is 0 Å². The van der Waals surface area contributed by atoms with Crippen molar-refractivity contribution in [1.29, 1.82) is 0 Å². The molecule has 0 radical (unpaired) electrons. The topological polar surface area (TPSA) is 37.8 Å². The van der Waals surface area contributed by atoms with Gasteiger partial charge in [0.05, 0.1) is 9.90 Å². The predicted molar refractivity (Wildman–Crippen MR) is 90.3 cm³/mol. The van der Waals surface area contributed by atoms with E-state index in [-0.39, 0.29) is 0 Å². The SMILES string of the molecule is CCCNc1cc(C2CCCC2)nc(-c2cc(Cl)cs2)n1. The molecule has 1 fully saturated rings. The van der Waals surface area contributed by atoms with Gasteiger partial charge in [0.2, 0.25) is 0 Å². The van der Waals surface area contributed by atoms with Crippen molar-refractivity contribution in [2.24, 2.45) is 0 Å². The van der Waals surface area contributed by atoms with Crippen molar-refractivity contribution in [3.8, 4) is 10.7 Å². The summed E-state index contributed by atoms with van der Waals surface area (Å²) >= 11 is 7.64. The summed E-state index contributed by atoms with van der Waals surface area (Å²) in [4.78, 5) is 10.5. The number of hydrogen-bond acceptors (Lipinski definition) is 4. The number of rotatable bonds is 5. The van der Waals surface area contributed by atoms with Gasteiger partial charge in [-0.2, -0.15) is 0 Å². The van der Waals surface area contributed by atoms with E-state index in [1.54, 1.807) is 11.3 Å². The Morgan fingerprint density at radius 3 is 2.76 bits per heavy atom. The highest BCUT2D eigenvalue weighted by Gasteiger charge is 2.20. The third-order valence-electron chi connectivity index (χ3n) is 3.86. The molecule has 3 rings (SSSR count). The van der Waals surface area contributed by atoms with Crippen molar-refractivity contribution in [1.82, 2.24) is 9.97 Å². The summed E-state index contributed by atoms with van der Waals surface area (Å²) in [5, 5.41) is 6.09.